The van der Waals surface area contributed by atoms with Crippen molar-refractivity contribution in [1.29, 1.82) is 0 Å². The number of rotatable bonds is 10. The zero-order valence-electron chi connectivity index (χ0n) is 13.9. The maximum atomic E-state index is 12.3. The Balaban J connectivity index is 2.49. The molecular weight excluding hydrogens is 302 g/mol. The topological polar surface area (TPSA) is 55.8 Å². The molecule has 126 valence electrons. The Morgan fingerprint density at radius 3 is 2.32 bits per heavy atom. The van der Waals surface area contributed by atoms with Gasteiger partial charge in [0, 0.05) is 20.2 Å². The minimum absolute atomic E-state index is 0.106. The van der Waals surface area contributed by atoms with Crippen LogP contribution in [0.2, 0.25) is 0 Å². The van der Waals surface area contributed by atoms with Crippen LogP contribution < -0.4 is 0 Å². The molecule has 0 amide bonds. The summed E-state index contributed by atoms with van der Waals surface area (Å²) in [6, 6.07) is 7.18. The van der Waals surface area contributed by atoms with E-state index < -0.39 is 9.84 Å². The third-order valence-corrected chi connectivity index (χ3v) is 5.18. The summed E-state index contributed by atoms with van der Waals surface area (Å²) < 4.78 is 34.6. The van der Waals surface area contributed by atoms with Crippen LogP contribution in [0.3, 0.4) is 0 Å². The van der Waals surface area contributed by atoms with Crippen LogP contribution in [0.1, 0.15) is 25.3 Å². The summed E-state index contributed by atoms with van der Waals surface area (Å²) in [5.74, 6) is 0.504. The number of ether oxygens (including phenoxy) is 2. The molecule has 0 atom stereocenters. The maximum Gasteiger partial charge on any atom is 0.179 e. The maximum absolute atomic E-state index is 12.3. The molecule has 1 rings (SSSR count). The monoisotopic (exact) mass is 329 g/mol. The third kappa shape index (κ3) is 6.44. The minimum Gasteiger partial charge on any atom is -0.359 e. The molecule has 0 unspecified atom stereocenters. The van der Waals surface area contributed by atoms with E-state index in [4.69, 9.17) is 9.47 Å². The largest absolute Gasteiger partial charge is 0.359 e. The molecule has 0 spiro atoms. The molecule has 22 heavy (non-hydrogen) atoms. The van der Waals surface area contributed by atoms with Gasteiger partial charge in [0.2, 0.25) is 0 Å². The first kappa shape index (κ1) is 19.1. The van der Waals surface area contributed by atoms with E-state index in [0.717, 1.165) is 5.56 Å². The number of nitrogens with zero attached hydrogens (tertiary/aromatic N) is 1. The average molecular weight is 329 g/mol. The number of likely N-dealkylation sites (N-methyl/N-ethyl adjacent to an activating group) is 1. The lowest BCUT2D eigenvalue weighted by Gasteiger charge is -2.16. The molecule has 0 heterocycles. The fourth-order valence-electron chi connectivity index (χ4n) is 1.93. The molecule has 6 heteroatoms. The molecule has 0 aliphatic carbocycles. The van der Waals surface area contributed by atoms with E-state index in [9.17, 15) is 8.42 Å². The second-order valence-corrected chi connectivity index (χ2v) is 7.77. The molecule has 1 aromatic rings. The summed E-state index contributed by atoms with van der Waals surface area (Å²) in [7, 11) is 0.213. The van der Waals surface area contributed by atoms with Gasteiger partial charge in [0.05, 0.1) is 17.3 Å². The van der Waals surface area contributed by atoms with Crippen molar-refractivity contribution in [3.05, 3.63) is 29.8 Å². The van der Waals surface area contributed by atoms with Gasteiger partial charge >= 0.3 is 0 Å². The van der Waals surface area contributed by atoms with E-state index in [0.29, 0.717) is 30.5 Å². The fraction of sp³-hybridized carbons (Fsp3) is 0.625. The van der Waals surface area contributed by atoms with Crippen LogP contribution in [0, 0.1) is 0 Å². The third-order valence-electron chi connectivity index (χ3n) is 3.47. The first-order chi connectivity index (χ1) is 10.4. The predicted molar refractivity (Wildman–Crippen MR) is 87.9 cm³/mol. The predicted octanol–water partition coefficient (Wildman–Crippen LogP) is 2.14. The van der Waals surface area contributed by atoms with Crippen molar-refractivity contribution < 1.29 is 17.9 Å². The Morgan fingerprint density at radius 2 is 1.77 bits per heavy atom. The highest BCUT2D eigenvalue weighted by molar-refractivity contribution is 7.91. The highest BCUT2D eigenvalue weighted by atomic mass is 32.2. The standard InChI is InChI=1S/C16H27NO4S/c1-14(2)15-5-7-16(8-6-15)22(18,19)12-10-17(3)9-11-21-13-20-4/h5-8,14H,9-13H2,1-4H3. The van der Waals surface area contributed by atoms with Crippen LogP contribution in [0.5, 0.6) is 0 Å². The molecular formula is C16H27NO4S. The lowest BCUT2D eigenvalue weighted by molar-refractivity contribution is -0.0348. The normalized spacial score (nSPS) is 12.3. The molecule has 1 aromatic carbocycles. The van der Waals surface area contributed by atoms with E-state index in [2.05, 4.69) is 13.8 Å². The van der Waals surface area contributed by atoms with Crippen molar-refractivity contribution in [2.45, 2.75) is 24.7 Å². The molecule has 0 radical (unpaired) electrons. The van der Waals surface area contributed by atoms with Crippen LogP contribution in [0.4, 0.5) is 0 Å². The van der Waals surface area contributed by atoms with E-state index in [-0.39, 0.29) is 12.5 Å². The van der Waals surface area contributed by atoms with Gasteiger partial charge in [-0.3, -0.25) is 0 Å². The van der Waals surface area contributed by atoms with Gasteiger partial charge in [0.1, 0.15) is 6.79 Å². The number of hydrogen-bond donors (Lipinski definition) is 0. The van der Waals surface area contributed by atoms with Crippen LogP contribution in [0.25, 0.3) is 0 Å². The zero-order chi connectivity index (χ0) is 16.6. The summed E-state index contributed by atoms with van der Waals surface area (Å²) in [6.07, 6.45) is 0. The Bertz CT molecular complexity index is 526. The van der Waals surface area contributed by atoms with Gasteiger partial charge in [-0.1, -0.05) is 26.0 Å². The molecule has 0 aliphatic rings. The van der Waals surface area contributed by atoms with Crippen molar-refractivity contribution in [2.75, 3.05) is 46.4 Å². The van der Waals surface area contributed by atoms with Crippen LogP contribution in [-0.4, -0.2) is 59.7 Å². The molecule has 0 saturated heterocycles. The fourth-order valence-corrected chi connectivity index (χ4v) is 3.27. The molecule has 0 saturated carbocycles. The lowest BCUT2D eigenvalue weighted by Crippen LogP contribution is -2.29. The summed E-state index contributed by atoms with van der Waals surface area (Å²) >= 11 is 0. The van der Waals surface area contributed by atoms with Crippen molar-refractivity contribution >= 4 is 9.84 Å². The molecule has 0 aliphatic heterocycles. The smallest absolute Gasteiger partial charge is 0.179 e. The highest BCUT2D eigenvalue weighted by Crippen LogP contribution is 2.18. The minimum atomic E-state index is -3.24. The number of methoxy groups -OCH3 is 1. The Labute approximate surface area is 134 Å². The van der Waals surface area contributed by atoms with Gasteiger partial charge in [0.15, 0.2) is 9.84 Å². The molecule has 0 aromatic heterocycles. The van der Waals surface area contributed by atoms with Gasteiger partial charge < -0.3 is 14.4 Å². The van der Waals surface area contributed by atoms with Gasteiger partial charge in [-0.2, -0.15) is 0 Å². The van der Waals surface area contributed by atoms with Gasteiger partial charge in [-0.05, 0) is 30.7 Å². The molecule has 5 nitrogen and oxygen atoms in total. The highest BCUT2D eigenvalue weighted by Gasteiger charge is 2.15. The van der Waals surface area contributed by atoms with Gasteiger partial charge in [0.25, 0.3) is 0 Å². The van der Waals surface area contributed by atoms with Crippen LogP contribution in [-0.2, 0) is 19.3 Å². The Hall–Kier alpha value is -0.950. The Kier molecular flexibility index (Phi) is 8.03. The second kappa shape index (κ2) is 9.25. The summed E-state index contributed by atoms with van der Waals surface area (Å²) in [5, 5.41) is 0. The SMILES string of the molecule is COCOCCN(C)CCS(=O)(=O)c1ccc(C(C)C)cc1. The van der Waals surface area contributed by atoms with Gasteiger partial charge in [-0.25, -0.2) is 8.42 Å². The molecule has 0 N–H and O–H groups in total. The summed E-state index contributed by atoms with van der Waals surface area (Å²) in [4.78, 5) is 2.33. The van der Waals surface area contributed by atoms with E-state index >= 15 is 0 Å². The van der Waals surface area contributed by atoms with E-state index in [1.165, 1.54) is 0 Å². The zero-order valence-corrected chi connectivity index (χ0v) is 14.7. The second-order valence-electron chi connectivity index (χ2n) is 5.66. The lowest BCUT2D eigenvalue weighted by atomic mass is 10.0. The number of hydrogen-bond acceptors (Lipinski definition) is 5. The molecule has 0 bridgehead atoms. The van der Waals surface area contributed by atoms with Gasteiger partial charge in [-0.15, -0.1) is 0 Å². The van der Waals surface area contributed by atoms with Crippen LogP contribution in [0.15, 0.2) is 29.2 Å². The Morgan fingerprint density at radius 1 is 1.14 bits per heavy atom. The molecule has 0 fully saturated rings. The van der Waals surface area contributed by atoms with Crippen molar-refractivity contribution in [3.63, 3.8) is 0 Å². The quantitative estimate of drug-likeness (QED) is 0.486. The van der Waals surface area contributed by atoms with Crippen molar-refractivity contribution in [1.82, 2.24) is 4.90 Å². The van der Waals surface area contributed by atoms with Crippen LogP contribution >= 0.6 is 0 Å². The first-order valence-electron chi connectivity index (χ1n) is 7.44. The first-order valence-corrected chi connectivity index (χ1v) is 9.10. The summed E-state index contributed by atoms with van der Waals surface area (Å²) in [5.41, 5.74) is 1.14. The van der Waals surface area contributed by atoms with Crippen molar-refractivity contribution in [3.8, 4) is 0 Å². The summed E-state index contributed by atoms with van der Waals surface area (Å²) in [6.45, 7) is 6.10. The number of sulfone groups is 1. The van der Waals surface area contributed by atoms with Crippen molar-refractivity contribution in [2.24, 2.45) is 0 Å². The number of benzene rings is 1. The van der Waals surface area contributed by atoms with E-state index in [1.54, 1.807) is 19.2 Å². The van der Waals surface area contributed by atoms with E-state index in [1.807, 2.05) is 24.1 Å². The average Bonchev–Trinajstić information content (AvgIpc) is 2.50.